The third-order valence-electron chi connectivity index (χ3n) is 2.79. The van der Waals surface area contributed by atoms with Crippen LogP contribution in [0.2, 0.25) is 0 Å². The fraction of sp³-hybridized carbons (Fsp3) is 1.00. The zero-order chi connectivity index (χ0) is 12.1. The third-order valence-corrected chi connectivity index (χ3v) is 2.79. The fourth-order valence-electron chi connectivity index (χ4n) is 1.57. The average Bonchev–Trinajstić information content (AvgIpc) is 2.00. The summed E-state index contributed by atoms with van der Waals surface area (Å²) >= 11 is 0. The fourth-order valence-corrected chi connectivity index (χ4v) is 1.57. The molecule has 2 unspecified atom stereocenters. The Hall–Kier alpha value is -0.120. The molecule has 4 N–H and O–H groups in total. The Balaban J connectivity index is 3.84. The van der Waals surface area contributed by atoms with Crippen LogP contribution in [0.15, 0.2) is 0 Å². The van der Waals surface area contributed by atoms with E-state index in [0.717, 1.165) is 19.3 Å². The van der Waals surface area contributed by atoms with Gasteiger partial charge in [0.1, 0.15) is 0 Å². The molecule has 0 heterocycles. The van der Waals surface area contributed by atoms with Crippen molar-refractivity contribution in [2.75, 3.05) is 6.61 Å². The predicted octanol–water partition coefficient (Wildman–Crippen LogP) is 2.04. The van der Waals surface area contributed by atoms with Crippen molar-refractivity contribution in [3.05, 3.63) is 0 Å². The van der Waals surface area contributed by atoms with E-state index in [-0.39, 0.29) is 17.2 Å². The van der Waals surface area contributed by atoms with Gasteiger partial charge in [-0.05, 0) is 47.0 Å². The molecule has 0 aliphatic heterocycles. The van der Waals surface area contributed by atoms with E-state index in [1.807, 2.05) is 6.92 Å². The zero-order valence-corrected chi connectivity index (χ0v) is 11.0. The van der Waals surface area contributed by atoms with Crippen molar-refractivity contribution >= 4 is 0 Å². The van der Waals surface area contributed by atoms with E-state index in [0.29, 0.717) is 6.61 Å². The maximum atomic E-state index is 6.04. The van der Waals surface area contributed by atoms with Crippen molar-refractivity contribution in [3.63, 3.8) is 0 Å². The molecule has 0 radical (unpaired) electrons. The first-order valence-corrected chi connectivity index (χ1v) is 5.87. The van der Waals surface area contributed by atoms with Crippen molar-refractivity contribution in [3.8, 4) is 0 Å². The van der Waals surface area contributed by atoms with Gasteiger partial charge in [-0.3, -0.25) is 0 Å². The van der Waals surface area contributed by atoms with Crippen molar-refractivity contribution in [2.45, 2.75) is 71.1 Å². The molecule has 0 saturated carbocycles. The maximum absolute atomic E-state index is 6.04. The van der Waals surface area contributed by atoms with Gasteiger partial charge in [0.05, 0.1) is 5.60 Å². The van der Waals surface area contributed by atoms with Crippen LogP contribution in [0.25, 0.3) is 0 Å². The average molecular weight is 216 g/mol. The van der Waals surface area contributed by atoms with Gasteiger partial charge in [-0.15, -0.1) is 0 Å². The second-order valence-corrected chi connectivity index (χ2v) is 5.55. The van der Waals surface area contributed by atoms with E-state index in [2.05, 4.69) is 27.7 Å². The first kappa shape index (κ1) is 14.9. The van der Waals surface area contributed by atoms with Gasteiger partial charge in [0.25, 0.3) is 0 Å². The van der Waals surface area contributed by atoms with Crippen LogP contribution >= 0.6 is 0 Å². The first-order chi connectivity index (χ1) is 6.68. The number of hydrogen-bond donors (Lipinski definition) is 2. The molecule has 3 heteroatoms. The highest BCUT2D eigenvalue weighted by molar-refractivity contribution is 4.78. The Labute approximate surface area is 94.5 Å². The van der Waals surface area contributed by atoms with Crippen LogP contribution in [-0.4, -0.2) is 23.8 Å². The van der Waals surface area contributed by atoms with Gasteiger partial charge < -0.3 is 16.2 Å². The lowest BCUT2D eigenvalue weighted by atomic mass is 9.96. The van der Waals surface area contributed by atoms with Crippen molar-refractivity contribution in [1.82, 2.24) is 0 Å². The van der Waals surface area contributed by atoms with Gasteiger partial charge in [0.15, 0.2) is 0 Å². The summed E-state index contributed by atoms with van der Waals surface area (Å²) < 4.78 is 5.82. The molecule has 0 aliphatic rings. The molecule has 0 bridgehead atoms. The lowest BCUT2D eigenvalue weighted by Crippen LogP contribution is -2.39. The SMILES string of the molecule is CCC(C)(N)CCOC(C)(C)CC(C)N. The second-order valence-electron chi connectivity index (χ2n) is 5.55. The quantitative estimate of drug-likeness (QED) is 0.684. The van der Waals surface area contributed by atoms with E-state index in [4.69, 9.17) is 16.2 Å². The summed E-state index contributed by atoms with van der Waals surface area (Å²) in [6.45, 7) is 11.0. The van der Waals surface area contributed by atoms with Gasteiger partial charge in [0, 0.05) is 18.2 Å². The van der Waals surface area contributed by atoms with Crippen molar-refractivity contribution < 1.29 is 4.74 Å². The summed E-state index contributed by atoms with van der Waals surface area (Å²) in [6, 6.07) is 0.176. The third kappa shape index (κ3) is 7.77. The molecule has 0 aromatic carbocycles. The van der Waals surface area contributed by atoms with Gasteiger partial charge in [0.2, 0.25) is 0 Å². The molecule has 0 aromatic heterocycles. The Kier molecular flexibility index (Phi) is 5.78. The standard InChI is InChI=1S/C12H28N2O/c1-6-12(5,14)7-8-15-11(3,4)9-10(2)13/h10H,6-9,13-14H2,1-5H3. The maximum Gasteiger partial charge on any atom is 0.0641 e. The molecule has 15 heavy (non-hydrogen) atoms. The van der Waals surface area contributed by atoms with E-state index in [1.54, 1.807) is 0 Å². The molecule has 0 saturated heterocycles. The normalized spacial score (nSPS) is 18.6. The van der Waals surface area contributed by atoms with Crippen molar-refractivity contribution in [2.24, 2.45) is 11.5 Å². The van der Waals surface area contributed by atoms with Gasteiger partial charge in [-0.25, -0.2) is 0 Å². The Bertz CT molecular complexity index is 176. The molecule has 2 atom stereocenters. The number of hydrogen-bond acceptors (Lipinski definition) is 3. The highest BCUT2D eigenvalue weighted by Gasteiger charge is 2.22. The highest BCUT2D eigenvalue weighted by atomic mass is 16.5. The van der Waals surface area contributed by atoms with Crippen LogP contribution in [0.4, 0.5) is 0 Å². The molecule has 0 fully saturated rings. The van der Waals surface area contributed by atoms with Crippen LogP contribution < -0.4 is 11.5 Å². The molecule has 0 amide bonds. The molecule has 92 valence electrons. The van der Waals surface area contributed by atoms with Gasteiger partial charge in [-0.2, -0.15) is 0 Å². The van der Waals surface area contributed by atoms with Crippen LogP contribution in [0.1, 0.15) is 53.9 Å². The van der Waals surface area contributed by atoms with E-state index >= 15 is 0 Å². The summed E-state index contributed by atoms with van der Waals surface area (Å²) in [5, 5.41) is 0. The minimum Gasteiger partial charge on any atom is -0.375 e. The Morgan fingerprint density at radius 2 is 1.80 bits per heavy atom. The predicted molar refractivity (Wildman–Crippen MR) is 65.8 cm³/mol. The number of rotatable bonds is 7. The van der Waals surface area contributed by atoms with E-state index in [9.17, 15) is 0 Å². The highest BCUT2D eigenvalue weighted by Crippen LogP contribution is 2.18. The smallest absolute Gasteiger partial charge is 0.0641 e. The number of nitrogens with two attached hydrogens (primary N) is 2. The van der Waals surface area contributed by atoms with Crippen LogP contribution in [0.5, 0.6) is 0 Å². The minimum absolute atomic E-state index is 0.107. The summed E-state index contributed by atoms with van der Waals surface area (Å²) in [6.07, 6.45) is 2.75. The summed E-state index contributed by atoms with van der Waals surface area (Å²) in [4.78, 5) is 0. The summed E-state index contributed by atoms with van der Waals surface area (Å²) in [5.74, 6) is 0. The molecule has 0 aromatic rings. The second kappa shape index (κ2) is 5.83. The lowest BCUT2D eigenvalue weighted by Gasteiger charge is -2.30. The first-order valence-electron chi connectivity index (χ1n) is 5.87. The van der Waals surface area contributed by atoms with E-state index in [1.165, 1.54) is 0 Å². The Morgan fingerprint density at radius 1 is 1.27 bits per heavy atom. The van der Waals surface area contributed by atoms with Crippen LogP contribution in [0, 0.1) is 0 Å². The van der Waals surface area contributed by atoms with Crippen LogP contribution in [0.3, 0.4) is 0 Å². The summed E-state index contributed by atoms with van der Waals surface area (Å²) in [7, 11) is 0. The largest absolute Gasteiger partial charge is 0.375 e. The molecular formula is C12H28N2O. The molecule has 0 spiro atoms. The molecule has 0 aliphatic carbocycles. The zero-order valence-electron chi connectivity index (χ0n) is 11.0. The molecular weight excluding hydrogens is 188 g/mol. The van der Waals surface area contributed by atoms with Crippen LogP contribution in [-0.2, 0) is 4.74 Å². The van der Waals surface area contributed by atoms with Crippen molar-refractivity contribution in [1.29, 1.82) is 0 Å². The van der Waals surface area contributed by atoms with Gasteiger partial charge >= 0.3 is 0 Å². The molecule has 3 nitrogen and oxygen atoms in total. The lowest BCUT2D eigenvalue weighted by molar-refractivity contribution is -0.0330. The summed E-state index contributed by atoms with van der Waals surface area (Å²) in [5.41, 5.74) is 11.6. The monoisotopic (exact) mass is 216 g/mol. The molecule has 0 rings (SSSR count). The number of ether oxygens (including phenoxy) is 1. The van der Waals surface area contributed by atoms with Gasteiger partial charge in [-0.1, -0.05) is 6.92 Å². The minimum atomic E-state index is -0.141. The van der Waals surface area contributed by atoms with E-state index < -0.39 is 0 Å². The topological polar surface area (TPSA) is 61.3 Å². The Morgan fingerprint density at radius 3 is 2.20 bits per heavy atom.